The molecule has 0 unspecified atom stereocenters. The van der Waals surface area contributed by atoms with Crippen LogP contribution >= 0.6 is 0 Å². The van der Waals surface area contributed by atoms with Crippen molar-refractivity contribution in [3.8, 4) is 0 Å². The molecule has 0 saturated carbocycles. The normalized spacial score (nSPS) is 13.7. The molecule has 2 aromatic rings. The van der Waals surface area contributed by atoms with Crippen LogP contribution in [0.15, 0.2) is 30.5 Å². The van der Waals surface area contributed by atoms with Gasteiger partial charge in [-0.2, -0.15) is 0 Å². The Balaban J connectivity index is 2.14. The molecule has 2 rings (SSSR count). The van der Waals surface area contributed by atoms with Crippen molar-refractivity contribution in [1.82, 2.24) is 26.4 Å². The van der Waals surface area contributed by atoms with Gasteiger partial charge in [0.1, 0.15) is 12.1 Å². The first-order valence-electron chi connectivity index (χ1n) is 11.6. The molecule has 0 aliphatic rings. The van der Waals surface area contributed by atoms with Crippen molar-refractivity contribution in [2.75, 3.05) is 6.54 Å². The van der Waals surface area contributed by atoms with E-state index in [-0.39, 0.29) is 24.7 Å². The third kappa shape index (κ3) is 8.58. The Labute approximate surface area is 204 Å². The van der Waals surface area contributed by atoms with Crippen LogP contribution in [-0.2, 0) is 20.8 Å². The number of aromatic nitrogens is 1. The number of benzene rings is 1. The molecule has 192 valence electrons. The highest BCUT2D eigenvalue weighted by Crippen LogP contribution is 2.19. The van der Waals surface area contributed by atoms with Gasteiger partial charge in [-0.25, -0.2) is 5.43 Å². The molecular weight excluding hydrogens is 450 g/mol. The van der Waals surface area contributed by atoms with Crippen LogP contribution in [0.25, 0.3) is 10.9 Å². The molecule has 12 heteroatoms. The Bertz CT molecular complexity index is 1020. The second kappa shape index (κ2) is 13.3. The summed E-state index contributed by atoms with van der Waals surface area (Å²) in [6.45, 7) is 4.25. The van der Waals surface area contributed by atoms with Gasteiger partial charge in [-0.05, 0) is 36.8 Å². The number of carbonyl (C=O) groups excluding carboxylic acids is 3. The fraction of sp³-hybridized carbons (Fsp3) is 0.478. The molecule has 0 radical (unpaired) electrons. The van der Waals surface area contributed by atoms with Crippen LogP contribution in [0, 0.1) is 11.3 Å². The number of amides is 3. The maximum Gasteiger partial charge on any atom is 0.243 e. The summed E-state index contributed by atoms with van der Waals surface area (Å²) < 4.78 is 0. The maximum absolute atomic E-state index is 13.2. The summed E-state index contributed by atoms with van der Waals surface area (Å²) in [4.78, 5) is 41.3. The molecule has 1 aromatic carbocycles. The summed E-state index contributed by atoms with van der Waals surface area (Å²) in [6.07, 6.45) is 3.13. The molecule has 0 fully saturated rings. The minimum atomic E-state index is -0.976. The number of primary amides is 1. The van der Waals surface area contributed by atoms with Crippen molar-refractivity contribution in [1.29, 1.82) is 5.41 Å². The van der Waals surface area contributed by atoms with Gasteiger partial charge in [0.2, 0.25) is 17.7 Å². The number of hydrogen-bond acceptors (Lipinski definition) is 6. The number of hydrazine groups is 1. The lowest BCUT2D eigenvalue weighted by atomic mass is 10.0. The van der Waals surface area contributed by atoms with E-state index in [2.05, 4.69) is 26.4 Å². The summed E-state index contributed by atoms with van der Waals surface area (Å²) >= 11 is 0. The fourth-order valence-corrected chi connectivity index (χ4v) is 3.81. The summed E-state index contributed by atoms with van der Waals surface area (Å²) in [5.41, 5.74) is 15.1. The molecule has 1 aromatic heterocycles. The van der Waals surface area contributed by atoms with E-state index in [4.69, 9.17) is 22.7 Å². The van der Waals surface area contributed by atoms with E-state index in [0.29, 0.717) is 19.4 Å². The van der Waals surface area contributed by atoms with E-state index >= 15 is 0 Å². The Hall–Kier alpha value is -3.64. The Morgan fingerprint density at radius 3 is 2.31 bits per heavy atom. The van der Waals surface area contributed by atoms with Crippen molar-refractivity contribution in [3.63, 3.8) is 0 Å². The van der Waals surface area contributed by atoms with Gasteiger partial charge in [-0.15, -0.1) is 0 Å². The predicted molar refractivity (Wildman–Crippen MR) is 135 cm³/mol. The van der Waals surface area contributed by atoms with Gasteiger partial charge >= 0.3 is 0 Å². The molecule has 1 heterocycles. The van der Waals surface area contributed by atoms with E-state index in [0.717, 1.165) is 16.5 Å². The minimum absolute atomic E-state index is 0.188. The number of hydrogen-bond donors (Lipinski definition) is 9. The van der Waals surface area contributed by atoms with Crippen LogP contribution < -0.4 is 38.7 Å². The lowest BCUT2D eigenvalue weighted by Gasteiger charge is -2.25. The van der Waals surface area contributed by atoms with Gasteiger partial charge in [-0.1, -0.05) is 32.0 Å². The first-order valence-corrected chi connectivity index (χ1v) is 11.6. The third-order valence-corrected chi connectivity index (χ3v) is 5.60. The first kappa shape index (κ1) is 27.6. The van der Waals surface area contributed by atoms with Crippen molar-refractivity contribution >= 4 is 34.6 Å². The molecule has 0 saturated heterocycles. The summed E-state index contributed by atoms with van der Waals surface area (Å²) in [7, 11) is 0. The third-order valence-electron chi connectivity index (χ3n) is 5.60. The number of fused-ring (bicyclic) bond motifs is 1. The Morgan fingerprint density at radius 2 is 1.69 bits per heavy atom. The lowest BCUT2D eigenvalue weighted by Crippen LogP contribution is -2.57. The fourth-order valence-electron chi connectivity index (χ4n) is 3.81. The van der Waals surface area contributed by atoms with E-state index in [1.54, 1.807) is 6.20 Å². The number of carbonyl (C=O) groups is 3. The second-order valence-electron chi connectivity index (χ2n) is 8.92. The molecular formula is C23H37N9O3. The molecule has 0 aliphatic carbocycles. The largest absolute Gasteiger partial charge is 0.370 e. The highest BCUT2D eigenvalue weighted by Gasteiger charge is 2.28. The molecule has 3 atom stereocenters. The topological polar surface area (TPSA) is 217 Å². The molecule has 35 heavy (non-hydrogen) atoms. The second-order valence-corrected chi connectivity index (χ2v) is 8.92. The molecule has 0 spiro atoms. The smallest absolute Gasteiger partial charge is 0.243 e. The Morgan fingerprint density at radius 1 is 1.03 bits per heavy atom. The standard InChI is InChI=1S/C23H37N9O3/c1-13(2)10-19(32-27)22(35)30-17(8-5-9-28-23(25)26)21(34)31-18(20(24)33)11-14-12-29-16-7-4-3-6-15(14)16/h3-4,6-7,12-13,17-19,29,32H,5,8-11,27H2,1-2H3,(H2,24,33)(H,30,35)(H,31,34)(H4,25,26,28)/t17-,18-,19-/m0/s1. The number of para-hydroxylation sites is 1. The Kier molecular flexibility index (Phi) is 10.5. The molecule has 0 bridgehead atoms. The van der Waals surface area contributed by atoms with Crippen LogP contribution in [0.5, 0.6) is 0 Å². The van der Waals surface area contributed by atoms with Crippen LogP contribution in [0.3, 0.4) is 0 Å². The predicted octanol–water partition coefficient (Wildman–Crippen LogP) is -0.693. The number of guanidine groups is 1. The summed E-state index contributed by atoms with van der Waals surface area (Å²) in [5, 5.41) is 16.3. The van der Waals surface area contributed by atoms with Gasteiger partial charge in [0.25, 0.3) is 0 Å². The van der Waals surface area contributed by atoms with E-state index < -0.39 is 35.8 Å². The zero-order valence-corrected chi connectivity index (χ0v) is 20.2. The number of aromatic amines is 1. The van der Waals surface area contributed by atoms with Crippen molar-refractivity contribution in [3.05, 3.63) is 36.0 Å². The monoisotopic (exact) mass is 487 g/mol. The van der Waals surface area contributed by atoms with Gasteiger partial charge in [0.15, 0.2) is 5.96 Å². The quantitative estimate of drug-likeness (QED) is 0.0548. The van der Waals surface area contributed by atoms with Crippen LogP contribution in [0.1, 0.15) is 38.7 Å². The highest BCUT2D eigenvalue weighted by atomic mass is 16.2. The van der Waals surface area contributed by atoms with Crippen LogP contribution in [0.4, 0.5) is 0 Å². The van der Waals surface area contributed by atoms with E-state index in [1.165, 1.54) is 0 Å². The van der Waals surface area contributed by atoms with Crippen molar-refractivity contribution < 1.29 is 14.4 Å². The first-order chi connectivity index (χ1) is 16.6. The lowest BCUT2D eigenvalue weighted by molar-refractivity contribution is -0.132. The number of H-pyrrole nitrogens is 1. The molecule has 12 N–H and O–H groups in total. The summed E-state index contributed by atoms with van der Waals surface area (Å²) in [5.74, 6) is 3.91. The molecule has 12 nitrogen and oxygen atoms in total. The number of nitrogens with one attached hydrogen (secondary N) is 6. The molecule has 3 amide bonds. The molecule has 0 aliphatic heterocycles. The zero-order chi connectivity index (χ0) is 26.0. The average molecular weight is 488 g/mol. The van der Waals surface area contributed by atoms with Crippen molar-refractivity contribution in [2.45, 2.75) is 57.7 Å². The summed E-state index contributed by atoms with van der Waals surface area (Å²) in [6, 6.07) is 5.01. The van der Waals surface area contributed by atoms with Gasteiger partial charge in [-0.3, -0.25) is 25.6 Å². The van der Waals surface area contributed by atoms with Gasteiger partial charge in [0, 0.05) is 30.1 Å². The zero-order valence-electron chi connectivity index (χ0n) is 20.2. The maximum atomic E-state index is 13.2. The van der Waals surface area contributed by atoms with Gasteiger partial charge in [0.05, 0.1) is 6.04 Å². The number of nitrogens with two attached hydrogens (primary N) is 3. The highest BCUT2D eigenvalue weighted by molar-refractivity contribution is 5.93. The number of rotatable bonds is 14. The van der Waals surface area contributed by atoms with Gasteiger partial charge < -0.3 is 32.4 Å². The SMILES string of the molecule is CC(C)C[C@H](NN)C(=O)N[C@@H](CCCNC(=N)N)C(=O)N[C@@H](Cc1c[nH]c2ccccc12)C(N)=O. The van der Waals surface area contributed by atoms with Crippen molar-refractivity contribution in [2.24, 2.45) is 23.2 Å². The van der Waals surface area contributed by atoms with Crippen LogP contribution in [0.2, 0.25) is 0 Å². The van der Waals surface area contributed by atoms with Crippen LogP contribution in [-0.4, -0.2) is 53.3 Å². The van der Waals surface area contributed by atoms with E-state index in [1.807, 2.05) is 38.1 Å². The minimum Gasteiger partial charge on any atom is -0.370 e. The van der Waals surface area contributed by atoms with E-state index in [9.17, 15) is 14.4 Å². The average Bonchev–Trinajstić information content (AvgIpc) is 3.21.